The average molecular weight is 348 g/mol. The molecular formula is C11H17IN4O. The normalized spacial score (nSPS) is 19.5. The van der Waals surface area contributed by atoms with Gasteiger partial charge in [-0.3, -0.25) is 0 Å². The number of nitrogens with zero attached hydrogens (tertiary/aromatic N) is 3. The second kappa shape index (κ2) is 6.46. The van der Waals surface area contributed by atoms with Crippen LogP contribution in [0.3, 0.4) is 0 Å². The van der Waals surface area contributed by atoms with Crippen LogP contribution >= 0.6 is 22.6 Å². The van der Waals surface area contributed by atoms with Crippen molar-refractivity contribution in [1.29, 1.82) is 0 Å². The van der Waals surface area contributed by atoms with Gasteiger partial charge in [0.1, 0.15) is 0 Å². The van der Waals surface area contributed by atoms with Gasteiger partial charge in [0.2, 0.25) is 5.95 Å². The van der Waals surface area contributed by atoms with Gasteiger partial charge in [0.05, 0.1) is 6.61 Å². The van der Waals surface area contributed by atoms with Crippen LogP contribution in [0.15, 0.2) is 12.4 Å². The Bertz CT molecular complexity index is 340. The number of hydrogen-bond acceptors (Lipinski definition) is 5. The fourth-order valence-electron chi connectivity index (χ4n) is 2.04. The molecule has 0 amide bonds. The van der Waals surface area contributed by atoms with Crippen LogP contribution in [0.4, 0.5) is 5.95 Å². The number of rotatable bonds is 5. The topological polar surface area (TPSA) is 61.3 Å². The van der Waals surface area contributed by atoms with Gasteiger partial charge in [-0.05, 0) is 42.0 Å². The summed E-state index contributed by atoms with van der Waals surface area (Å²) in [7, 11) is 0. The Morgan fingerprint density at radius 1 is 1.47 bits per heavy atom. The van der Waals surface area contributed by atoms with Crippen LogP contribution in [0.5, 0.6) is 0 Å². The molecule has 0 spiro atoms. The standard InChI is InChI=1S/C11H17IN4O/c12-9-6-14-11(15-7-9)16(4-5-17)8-10-2-1-3-13-10/h6-7,10,13,17H,1-5,8H2. The molecule has 1 atom stereocenters. The Morgan fingerprint density at radius 2 is 2.24 bits per heavy atom. The van der Waals surface area contributed by atoms with Gasteiger partial charge < -0.3 is 15.3 Å². The Labute approximate surface area is 115 Å². The molecule has 1 unspecified atom stereocenters. The van der Waals surface area contributed by atoms with Crippen LogP contribution in [0, 0.1) is 3.57 Å². The van der Waals surface area contributed by atoms with E-state index < -0.39 is 0 Å². The van der Waals surface area contributed by atoms with E-state index in [0.717, 1.165) is 16.7 Å². The molecule has 0 radical (unpaired) electrons. The lowest BCUT2D eigenvalue weighted by molar-refractivity contribution is 0.299. The van der Waals surface area contributed by atoms with Crippen molar-refractivity contribution in [3.8, 4) is 0 Å². The lowest BCUT2D eigenvalue weighted by Crippen LogP contribution is -2.39. The first-order valence-corrected chi connectivity index (χ1v) is 6.94. The van der Waals surface area contributed by atoms with Crippen LogP contribution in [0.25, 0.3) is 0 Å². The number of halogens is 1. The summed E-state index contributed by atoms with van der Waals surface area (Å²) in [4.78, 5) is 10.7. The number of hydrogen-bond donors (Lipinski definition) is 2. The molecule has 6 heteroatoms. The van der Waals surface area contributed by atoms with Crippen molar-refractivity contribution in [2.24, 2.45) is 0 Å². The van der Waals surface area contributed by atoms with E-state index in [1.807, 2.05) is 4.90 Å². The van der Waals surface area contributed by atoms with Crippen molar-refractivity contribution in [2.45, 2.75) is 18.9 Å². The lowest BCUT2D eigenvalue weighted by atomic mass is 10.2. The molecule has 2 heterocycles. The largest absolute Gasteiger partial charge is 0.395 e. The minimum Gasteiger partial charge on any atom is -0.395 e. The average Bonchev–Trinajstić information content (AvgIpc) is 2.82. The Kier molecular flexibility index (Phi) is 4.93. The van der Waals surface area contributed by atoms with Crippen molar-refractivity contribution in [3.63, 3.8) is 0 Å². The fourth-order valence-corrected chi connectivity index (χ4v) is 2.32. The van der Waals surface area contributed by atoms with Crippen molar-refractivity contribution in [1.82, 2.24) is 15.3 Å². The molecule has 1 saturated heterocycles. The van der Waals surface area contributed by atoms with E-state index in [-0.39, 0.29) is 6.61 Å². The number of aromatic nitrogens is 2. The Balaban J connectivity index is 2.02. The SMILES string of the molecule is OCCN(CC1CCCN1)c1ncc(I)cn1. The maximum atomic E-state index is 9.11. The van der Waals surface area contributed by atoms with Crippen LogP contribution in [-0.2, 0) is 0 Å². The number of nitrogens with one attached hydrogen (secondary N) is 1. The molecule has 0 saturated carbocycles. The summed E-state index contributed by atoms with van der Waals surface area (Å²) in [6.07, 6.45) is 6.02. The first-order valence-electron chi connectivity index (χ1n) is 5.86. The van der Waals surface area contributed by atoms with E-state index in [4.69, 9.17) is 5.11 Å². The first kappa shape index (κ1) is 13.0. The van der Waals surface area contributed by atoms with E-state index in [2.05, 4.69) is 37.9 Å². The second-order valence-electron chi connectivity index (χ2n) is 4.16. The van der Waals surface area contributed by atoms with Gasteiger partial charge in [-0.2, -0.15) is 0 Å². The van der Waals surface area contributed by atoms with Crippen molar-refractivity contribution in [3.05, 3.63) is 16.0 Å². The highest BCUT2D eigenvalue weighted by Gasteiger charge is 2.19. The highest BCUT2D eigenvalue weighted by Crippen LogP contribution is 2.12. The highest BCUT2D eigenvalue weighted by molar-refractivity contribution is 14.1. The van der Waals surface area contributed by atoms with E-state index in [1.165, 1.54) is 12.8 Å². The molecule has 1 aliphatic rings. The van der Waals surface area contributed by atoms with Gasteiger partial charge in [-0.1, -0.05) is 0 Å². The quantitative estimate of drug-likeness (QED) is 0.765. The van der Waals surface area contributed by atoms with Crippen LogP contribution in [0.2, 0.25) is 0 Å². The molecule has 2 N–H and O–H groups in total. The summed E-state index contributed by atoms with van der Waals surface area (Å²) >= 11 is 2.19. The fraction of sp³-hybridized carbons (Fsp3) is 0.636. The third-order valence-corrected chi connectivity index (χ3v) is 3.42. The van der Waals surface area contributed by atoms with Gasteiger partial charge in [0.15, 0.2) is 0 Å². The van der Waals surface area contributed by atoms with Gasteiger partial charge in [-0.15, -0.1) is 0 Å². The van der Waals surface area contributed by atoms with Gasteiger partial charge in [0, 0.05) is 35.1 Å². The zero-order valence-electron chi connectivity index (χ0n) is 9.64. The lowest BCUT2D eigenvalue weighted by Gasteiger charge is -2.24. The van der Waals surface area contributed by atoms with Gasteiger partial charge >= 0.3 is 0 Å². The number of aliphatic hydroxyl groups excluding tert-OH is 1. The molecule has 1 fully saturated rings. The predicted molar refractivity (Wildman–Crippen MR) is 75.1 cm³/mol. The number of anilines is 1. The molecule has 17 heavy (non-hydrogen) atoms. The second-order valence-corrected chi connectivity index (χ2v) is 5.41. The summed E-state index contributed by atoms with van der Waals surface area (Å²) in [5, 5.41) is 12.6. The zero-order chi connectivity index (χ0) is 12.1. The van der Waals surface area contributed by atoms with E-state index in [9.17, 15) is 0 Å². The van der Waals surface area contributed by atoms with Crippen LogP contribution in [0.1, 0.15) is 12.8 Å². The molecule has 5 nitrogen and oxygen atoms in total. The minimum atomic E-state index is 0.127. The molecule has 0 bridgehead atoms. The smallest absolute Gasteiger partial charge is 0.225 e. The molecule has 0 aromatic carbocycles. The van der Waals surface area contributed by atoms with Crippen molar-refractivity contribution in [2.75, 3.05) is 31.1 Å². The predicted octanol–water partition coefficient (Wildman–Crippen LogP) is 0.632. The van der Waals surface area contributed by atoms with Crippen molar-refractivity contribution >= 4 is 28.5 Å². The first-order chi connectivity index (χ1) is 8.29. The molecule has 2 rings (SSSR count). The maximum absolute atomic E-state index is 9.11. The third-order valence-electron chi connectivity index (χ3n) is 2.86. The summed E-state index contributed by atoms with van der Waals surface area (Å²) in [5.41, 5.74) is 0. The Hall–Kier alpha value is -0.470. The van der Waals surface area contributed by atoms with E-state index in [0.29, 0.717) is 18.5 Å². The third kappa shape index (κ3) is 3.75. The molecule has 1 aromatic heterocycles. The minimum absolute atomic E-state index is 0.127. The van der Waals surface area contributed by atoms with Gasteiger partial charge in [-0.25, -0.2) is 9.97 Å². The summed E-state index contributed by atoms with van der Waals surface area (Å²) in [6, 6.07) is 0.490. The van der Waals surface area contributed by atoms with Crippen LogP contribution in [-0.4, -0.2) is 47.4 Å². The summed E-state index contributed by atoms with van der Waals surface area (Å²) in [6.45, 7) is 2.66. The van der Waals surface area contributed by atoms with Crippen molar-refractivity contribution < 1.29 is 5.11 Å². The number of aliphatic hydroxyl groups is 1. The highest BCUT2D eigenvalue weighted by atomic mass is 127. The maximum Gasteiger partial charge on any atom is 0.225 e. The van der Waals surface area contributed by atoms with E-state index in [1.54, 1.807) is 12.4 Å². The van der Waals surface area contributed by atoms with E-state index >= 15 is 0 Å². The Morgan fingerprint density at radius 3 is 2.82 bits per heavy atom. The monoisotopic (exact) mass is 348 g/mol. The molecule has 1 aliphatic heterocycles. The molecular weight excluding hydrogens is 331 g/mol. The molecule has 0 aliphatic carbocycles. The summed E-state index contributed by atoms with van der Waals surface area (Å²) in [5.74, 6) is 0.702. The molecule has 94 valence electrons. The van der Waals surface area contributed by atoms with Gasteiger partial charge in [0.25, 0.3) is 0 Å². The summed E-state index contributed by atoms with van der Waals surface area (Å²) < 4.78 is 1.02. The zero-order valence-corrected chi connectivity index (χ0v) is 11.8. The molecule has 1 aromatic rings. The van der Waals surface area contributed by atoms with Crippen LogP contribution < -0.4 is 10.2 Å².